The molecule has 0 aliphatic heterocycles. The van der Waals surface area contributed by atoms with Crippen LogP contribution in [0, 0.1) is 5.82 Å². The normalized spacial score (nSPS) is 11.7. The number of sulfonamides is 1. The molecule has 0 unspecified atom stereocenters. The summed E-state index contributed by atoms with van der Waals surface area (Å²) in [5.74, 6) is -0.630. The molecule has 5 aromatic rings. The van der Waals surface area contributed by atoms with E-state index in [-0.39, 0.29) is 11.4 Å². The van der Waals surface area contributed by atoms with Gasteiger partial charge in [0.15, 0.2) is 0 Å². The highest BCUT2D eigenvalue weighted by Crippen LogP contribution is 2.27. The summed E-state index contributed by atoms with van der Waals surface area (Å²) in [6.45, 7) is -0.00914. The highest BCUT2D eigenvalue weighted by molar-refractivity contribution is 7.89. The molecule has 1 amide bonds. The number of hydrogen-bond acceptors (Lipinski definition) is 5. The predicted octanol–water partition coefficient (Wildman–Crippen LogP) is 5.50. The third kappa shape index (κ3) is 6.35. The van der Waals surface area contributed by atoms with Crippen LogP contribution in [0.4, 0.5) is 10.2 Å². The Balaban J connectivity index is 1.46. The van der Waals surface area contributed by atoms with E-state index in [0.717, 1.165) is 10.9 Å². The van der Waals surface area contributed by atoms with Gasteiger partial charge in [-0.15, -0.1) is 0 Å². The molecule has 0 spiro atoms. The number of fused-ring (bicyclic) bond motifs is 1. The summed E-state index contributed by atoms with van der Waals surface area (Å²) in [6.07, 6.45) is 0.402. The zero-order valence-electron chi connectivity index (χ0n) is 22.4. The highest BCUT2D eigenvalue weighted by atomic mass is 32.2. The van der Waals surface area contributed by atoms with Crippen molar-refractivity contribution in [3.05, 3.63) is 109 Å². The van der Waals surface area contributed by atoms with E-state index < -0.39 is 28.3 Å². The molecule has 8 nitrogen and oxygen atoms in total. The second kappa shape index (κ2) is 12.4. The minimum atomic E-state index is -4.05. The van der Waals surface area contributed by atoms with Crippen molar-refractivity contribution in [1.82, 2.24) is 14.1 Å². The van der Waals surface area contributed by atoms with Gasteiger partial charge in [-0.2, -0.15) is 9.40 Å². The number of hydrogen-bond donors (Lipinski definition) is 1. The number of carbonyl (C=O) groups excluding carboxylic acids is 1. The van der Waals surface area contributed by atoms with Crippen molar-refractivity contribution >= 4 is 32.5 Å². The van der Waals surface area contributed by atoms with Crippen LogP contribution < -0.4 is 5.32 Å². The molecule has 0 saturated heterocycles. The van der Waals surface area contributed by atoms with Crippen LogP contribution in [0.5, 0.6) is 0 Å². The Labute approximate surface area is 238 Å². The lowest BCUT2D eigenvalue weighted by atomic mass is 10.1. The zero-order chi connectivity index (χ0) is 28.8. The summed E-state index contributed by atoms with van der Waals surface area (Å²) in [6, 6.07) is 29.1. The van der Waals surface area contributed by atoms with E-state index >= 15 is 0 Å². The van der Waals surface area contributed by atoms with Crippen molar-refractivity contribution in [3.63, 3.8) is 0 Å². The predicted molar refractivity (Wildman–Crippen MR) is 157 cm³/mol. The fourth-order valence-electron chi connectivity index (χ4n) is 4.57. The fraction of sp³-hybridized carbons (Fsp3) is 0.161. The van der Waals surface area contributed by atoms with Crippen LogP contribution in [0.25, 0.3) is 27.7 Å². The second-order valence-corrected chi connectivity index (χ2v) is 11.3. The molecule has 1 aromatic heterocycles. The van der Waals surface area contributed by atoms with Gasteiger partial charge in [-0.1, -0.05) is 66.7 Å². The van der Waals surface area contributed by atoms with Crippen LogP contribution in [0.1, 0.15) is 6.42 Å². The van der Waals surface area contributed by atoms with Gasteiger partial charge < -0.3 is 10.1 Å². The number of ether oxygens (including phenoxy) is 1. The van der Waals surface area contributed by atoms with Crippen molar-refractivity contribution in [2.45, 2.75) is 11.3 Å². The molecular weight excluding hydrogens is 543 g/mol. The molecule has 0 atom stereocenters. The maximum absolute atomic E-state index is 13.9. The summed E-state index contributed by atoms with van der Waals surface area (Å²) in [4.78, 5) is 13.6. The molecule has 41 heavy (non-hydrogen) atoms. The molecular formula is C31H29FN4O4S. The average Bonchev–Trinajstić information content (AvgIpc) is 3.40. The average molecular weight is 573 g/mol. The molecule has 0 aliphatic carbocycles. The van der Waals surface area contributed by atoms with E-state index in [0.29, 0.717) is 35.6 Å². The van der Waals surface area contributed by atoms with Gasteiger partial charge in [-0.05, 0) is 42.1 Å². The van der Waals surface area contributed by atoms with E-state index in [2.05, 4.69) is 10.4 Å². The first kappa shape index (κ1) is 28.2. The molecule has 0 radical (unpaired) electrons. The number of carbonyl (C=O) groups is 1. The quantitative estimate of drug-likeness (QED) is 0.211. The lowest BCUT2D eigenvalue weighted by Gasteiger charge is -2.22. The number of rotatable bonds is 11. The van der Waals surface area contributed by atoms with Crippen molar-refractivity contribution in [3.8, 4) is 16.9 Å². The SMILES string of the molecule is COCCCN(CC(=O)Nc1cc(-c2ccccc2)nn1-c1ccc(F)cc1)S(=O)(=O)c1cccc2ccccc12. The lowest BCUT2D eigenvalue weighted by molar-refractivity contribution is -0.116. The van der Waals surface area contributed by atoms with Crippen LogP contribution in [-0.4, -0.2) is 55.2 Å². The molecule has 0 aliphatic rings. The van der Waals surface area contributed by atoms with Crippen LogP contribution >= 0.6 is 0 Å². The lowest BCUT2D eigenvalue weighted by Crippen LogP contribution is -2.39. The van der Waals surface area contributed by atoms with Crippen molar-refractivity contribution in [2.75, 3.05) is 32.1 Å². The largest absolute Gasteiger partial charge is 0.385 e. The first-order valence-corrected chi connectivity index (χ1v) is 14.5. The summed E-state index contributed by atoms with van der Waals surface area (Å²) < 4.78 is 49.2. The number of nitrogens with one attached hydrogen (secondary N) is 1. The molecule has 0 fully saturated rings. The number of nitrogens with zero attached hydrogens (tertiary/aromatic N) is 3. The van der Waals surface area contributed by atoms with Gasteiger partial charge in [0.1, 0.15) is 11.6 Å². The minimum absolute atomic E-state index is 0.0826. The van der Waals surface area contributed by atoms with Gasteiger partial charge in [0, 0.05) is 37.3 Å². The van der Waals surface area contributed by atoms with Gasteiger partial charge in [-0.3, -0.25) is 4.79 Å². The van der Waals surface area contributed by atoms with Crippen LogP contribution in [0.3, 0.4) is 0 Å². The van der Waals surface area contributed by atoms with E-state index in [1.807, 2.05) is 48.5 Å². The monoisotopic (exact) mass is 572 g/mol. The second-order valence-electron chi connectivity index (χ2n) is 9.38. The molecule has 10 heteroatoms. The maximum Gasteiger partial charge on any atom is 0.244 e. The zero-order valence-corrected chi connectivity index (χ0v) is 23.2. The molecule has 4 aromatic carbocycles. The van der Waals surface area contributed by atoms with Gasteiger partial charge >= 0.3 is 0 Å². The summed E-state index contributed by atoms with van der Waals surface area (Å²) in [5, 5.41) is 8.82. The van der Waals surface area contributed by atoms with E-state index in [9.17, 15) is 17.6 Å². The molecule has 1 heterocycles. The third-order valence-corrected chi connectivity index (χ3v) is 8.46. The molecule has 210 valence electrons. The fourth-order valence-corrected chi connectivity index (χ4v) is 6.22. The number of aromatic nitrogens is 2. The standard InChI is InChI=1S/C31H29FN4O4S/c1-40-20-8-19-35(41(38,39)29-14-7-12-23-9-5-6-13-27(23)29)22-31(37)33-30-21-28(24-10-3-2-4-11-24)34-36(30)26-17-15-25(32)16-18-26/h2-7,9-18,21H,8,19-20,22H2,1H3,(H,33,37). The van der Waals surface area contributed by atoms with Crippen LogP contribution in [0.2, 0.25) is 0 Å². The van der Waals surface area contributed by atoms with Crippen LogP contribution in [-0.2, 0) is 19.6 Å². The van der Waals surface area contributed by atoms with Gasteiger partial charge in [-0.25, -0.2) is 17.5 Å². The number of benzene rings is 4. The summed E-state index contributed by atoms with van der Waals surface area (Å²) in [5.41, 5.74) is 1.94. The van der Waals surface area contributed by atoms with E-state index in [4.69, 9.17) is 4.74 Å². The van der Waals surface area contributed by atoms with Crippen molar-refractivity contribution in [2.24, 2.45) is 0 Å². The van der Waals surface area contributed by atoms with Crippen molar-refractivity contribution < 1.29 is 22.3 Å². The Morgan fingerprint density at radius 2 is 1.66 bits per heavy atom. The van der Waals surface area contributed by atoms with Gasteiger partial charge in [0.05, 0.1) is 22.8 Å². The Bertz CT molecular complexity index is 1750. The first-order chi connectivity index (χ1) is 19.9. The van der Waals surface area contributed by atoms with Gasteiger partial charge in [0.25, 0.3) is 0 Å². The number of methoxy groups -OCH3 is 1. The Kier molecular flexibility index (Phi) is 8.53. The van der Waals surface area contributed by atoms with Crippen molar-refractivity contribution in [1.29, 1.82) is 0 Å². The molecule has 1 N–H and O–H groups in total. The summed E-state index contributed by atoms with van der Waals surface area (Å²) in [7, 11) is -2.51. The number of amides is 1. The maximum atomic E-state index is 13.9. The highest BCUT2D eigenvalue weighted by Gasteiger charge is 2.28. The minimum Gasteiger partial charge on any atom is -0.385 e. The van der Waals surface area contributed by atoms with Crippen LogP contribution in [0.15, 0.2) is 108 Å². The summed E-state index contributed by atoms with van der Waals surface area (Å²) >= 11 is 0. The Morgan fingerprint density at radius 3 is 2.41 bits per heavy atom. The van der Waals surface area contributed by atoms with E-state index in [1.165, 1.54) is 28.2 Å². The van der Waals surface area contributed by atoms with Gasteiger partial charge in [0.2, 0.25) is 15.9 Å². The first-order valence-electron chi connectivity index (χ1n) is 13.0. The molecule has 0 bridgehead atoms. The Hall–Kier alpha value is -4.38. The topological polar surface area (TPSA) is 93.5 Å². The third-order valence-electron chi connectivity index (χ3n) is 6.56. The molecule has 5 rings (SSSR count). The Morgan fingerprint density at radius 1 is 0.951 bits per heavy atom. The number of halogens is 1. The van der Waals surface area contributed by atoms with E-state index in [1.54, 1.807) is 42.5 Å². The smallest absolute Gasteiger partial charge is 0.244 e. The molecule has 0 saturated carbocycles. The number of anilines is 1.